The molecule has 2 rings (SSSR count). The third-order valence-electron chi connectivity index (χ3n) is 4.35. The van der Waals surface area contributed by atoms with Gasteiger partial charge in [-0.05, 0) is 44.4 Å². The molecule has 138 valence electrons. The lowest BCUT2D eigenvalue weighted by Crippen LogP contribution is -2.47. The lowest BCUT2D eigenvalue weighted by Gasteiger charge is -2.36. The number of piperidine rings is 1. The van der Waals surface area contributed by atoms with Gasteiger partial charge in [-0.1, -0.05) is 13.0 Å². The van der Waals surface area contributed by atoms with Crippen LogP contribution in [0.5, 0.6) is 0 Å². The highest BCUT2D eigenvalue weighted by molar-refractivity contribution is 7.92. The van der Waals surface area contributed by atoms with E-state index in [2.05, 4.69) is 4.72 Å². The van der Waals surface area contributed by atoms with Crippen LogP contribution in [-0.2, 0) is 14.8 Å². The van der Waals surface area contributed by atoms with Gasteiger partial charge in [-0.2, -0.15) is 0 Å². The summed E-state index contributed by atoms with van der Waals surface area (Å²) < 4.78 is 26.2. The predicted octanol–water partition coefficient (Wildman–Crippen LogP) is 2.16. The van der Waals surface area contributed by atoms with Gasteiger partial charge in [0.25, 0.3) is 5.91 Å². The van der Waals surface area contributed by atoms with Crippen LogP contribution in [0.15, 0.2) is 24.3 Å². The van der Waals surface area contributed by atoms with Crippen molar-refractivity contribution < 1.29 is 23.1 Å². The fourth-order valence-electron chi connectivity index (χ4n) is 2.97. The molecule has 1 amide bonds. The van der Waals surface area contributed by atoms with Gasteiger partial charge >= 0.3 is 5.97 Å². The van der Waals surface area contributed by atoms with Crippen molar-refractivity contribution in [1.82, 2.24) is 4.90 Å². The maximum Gasteiger partial charge on any atom is 0.308 e. The average Bonchev–Trinajstić information content (AvgIpc) is 2.54. The zero-order chi connectivity index (χ0) is 18.6. The number of nitrogens with zero attached hydrogens (tertiary/aromatic N) is 1. The number of hydrogen-bond donors (Lipinski definition) is 2. The number of anilines is 1. The first-order valence-electron chi connectivity index (χ1n) is 8.38. The van der Waals surface area contributed by atoms with Gasteiger partial charge in [0.2, 0.25) is 10.0 Å². The molecule has 0 radical (unpaired) electrons. The summed E-state index contributed by atoms with van der Waals surface area (Å²) in [6.07, 6.45) is 1.68. The van der Waals surface area contributed by atoms with E-state index in [9.17, 15) is 23.1 Å². The first-order valence-corrected chi connectivity index (χ1v) is 10.0. The maximum atomic E-state index is 12.8. The van der Waals surface area contributed by atoms with Crippen molar-refractivity contribution in [2.75, 3.05) is 17.0 Å². The topological polar surface area (TPSA) is 104 Å². The minimum Gasteiger partial charge on any atom is -0.481 e. The van der Waals surface area contributed by atoms with Gasteiger partial charge in [0.1, 0.15) is 0 Å². The highest BCUT2D eigenvalue weighted by Crippen LogP contribution is 2.25. The normalized spacial score (nSPS) is 21.0. The number of amides is 1. The molecule has 2 atom stereocenters. The van der Waals surface area contributed by atoms with Gasteiger partial charge in [-0.25, -0.2) is 8.42 Å². The summed E-state index contributed by atoms with van der Waals surface area (Å²) >= 11 is 0. The summed E-state index contributed by atoms with van der Waals surface area (Å²) in [4.78, 5) is 25.6. The Kier molecular flexibility index (Phi) is 6.05. The number of carbonyl (C=O) groups is 2. The van der Waals surface area contributed by atoms with Crippen LogP contribution in [0, 0.1) is 5.92 Å². The monoisotopic (exact) mass is 368 g/mol. The Balaban J connectivity index is 2.19. The van der Waals surface area contributed by atoms with Crippen molar-refractivity contribution in [1.29, 1.82) is 0 Å². The minimum atomic E-state index is -3.44. The Labute approximate surface area is 148 Å². The molecule has 0 bridgehead atoms. The predicted molar refractivity (Wildman–Crippen MR) is 95.0 cm³/mol. The lowest BCUT2D eigenvalue weighted by molar-refractivity contribution is -0.143. The van der Waals surface area contributed by atoms with Crippen molar-refractivity contribution in [3.8, 4) is 0 Å². The quantitative estimate of drug-likeness (QED) is 0.801. The van der Waals surface area contributed by atoms with Crippen LogP contribution in [0.25, 0.3) is 0 Å². The van der Waals surface area contributed by atoms with E-state index in [1.807, 2.05) is 6.92 Å². The first kappa shape index (κ1) is 19.2. The SMILES string of the molecule is CCCS(=O)(=O)Nc1cccc(C(=O)N2CC(C(=O)O)CCC2C)c1. The second-order valence-electron chi connectivity index (χ2n) is 6.42. The number of aliphatic carboxylic acids is 1. The Morgan fingerprint density at radius 2 is 2.04 bits per heavy atom. The molecule has 1 aliphatic heterocycles. The van der Waals surface area contributed by atoms with Gasteiger partial charge in [-0.15, -0.1) is 0 Å². The zero-order valence-electron chi connectivity index (χ0n) is 14.4. The van der Waals surface area contributed by atoms with E-state index in [0.29, 0.717) is 30.5 Å². The van der Waals surface area contributed by atoms with E-state index in [4.69, 9.17) is 0 Å². The van der Waals surface area contributed by atoms with Crippen LogP contribution in [0.4, 0.5) is 5.69 Å². The molecule has 0 aliphatic carbocycles. The molecule has 1 fully saturated rings. The van der Waals surface area contributed by atoms with Gasteiger partial charge in [-0.3, -0.25) is 14.3 Å². The zero-order valence-corrected chi connectivity index (χ0v) is 15.3. The molecule has 0 spiro atoms. The molecule has 2 unspecified atom stereocenters. The summed E-state index contributed by atoms with van der Waals surface area (Å²) in [5.41, 5.74) is 0.674. The fraction of sp³-hybridized carbons (Fsp3) is 0.529. The number of carbonyl (C=O) groups excluding carboxylic acids is 1. The van der Waals surface area contributed by atoms with E-state index in [1.165, 1.54) is 6.07 Å². The van der Waals surface area contributed by atoms with Gasteiger partial charge in [0.15, 0.2) is 0 Å². The van der Waals surface area contributed by atoms with E-state index in [-0.39, 0.29) is 24.2 Å². The summed E-state index contributed by atoms with van der Waals surface area (Å²) in [5.74, 6) is -1.73. The summed E-state index contributed by atoms with van der Waals surface area (Å²) in [6.45, 7) is 3.83. The summed E-state index contributed by atoms with van der Waals surface area (Å²) in [6, 6.07) is 6.25. The van der Waals surface area contributed by atoms with Crippen molar-refractivity contribution in [3.05, 3.63) is 29.8 Å². The lowest BCUT2D eigenvalue weighted by atomic mass is 9.93. The Bertz CT molecular complexity index is 747. The van der Waals surface area contributed by atoms with E-state index in [0.717, 1.165) is 0 Å². The van der Waals surface area contributed by atoms with Crippen LogP contribution in [0.3, 0.4) is 0 Å². The molecule has 1 aromatic carbocycles. The molecule has 1 saturated heterocycles. The number of carboxylic acid groups (broad SMARTS) is 1. The Morgan fingerprint density at radius 3 is 2.68 bits per heavy atom. The molecule has 0 saturated carbocycles. The molecule has 8 heteroatoms. The second kappa shape index (κ2) is 7.86. The number of carboxylic acids is 1. The highest BCUT2D eigenvalue weighted by Gasteiger charge is 2.33. The van der Waals surface area contributed by atoms with Gasteiger partial charge in [0.05, 0.1) is 11.7 Å². The van der Waals surface area contributed by atoms with Crippen LogP contribution < -0.4 is 4.72 Å². The fourth-order valence-corrected chi connectivity index (χ4v) is 4.10. The third kappa shape index (κ3) is 4.94. The number of likely N-dealkylation sites (tertiary alicyclic amines) is 1. The Morgan fingerprint density at radius 1 is 1.32 bits per heavy atom. The molecule has 25 heavy (non-hydrogen) atoms. The molecular formula is C17H24N2O5S. The first-order chi connectivity index (χ1) is 11.7. The molecule has 0 aromatic heterocycles. The van der Waals surface area contributed by atoms with Crippen molar-refractivity contribution in [2.45, 2.75) is 39.2 Å². The average molecular weight is 368 g/mol. The summed E-state index contributed by atoms with van der Waals surface area (Å²) in [7, 11) is -3.44. The van der Waals surface area contributed by atoms with Crippen LogP contribution in [-0.4, -0.2) is 48.6 Å². The number of sulfonamides is 1. The molecule has 7 nitrogen and oxygen atoms in total. The maximum absolute atomic E-state index is 12.8. The van der Waals surface area contributed by atoms with E-state index >= 15 is 0 Å². The van der Waals surface area contributed by atoms with Crippen LogP contribution in [0.1, 0.15) is 43.5 Å². The summed E-state index contributed by atoms with van der Waals surface area (Å²) in [5, 5.41) is 9.20. The standard InChI is InChI=1S/C17H24N2O5S/c1-3-9-25(23,24)18-15-6-4-5-13(10-15)16(20)19-11-14(17(21)22)8-7-12(19)2/h4-6,10,12,14,18H,3,7-9,11H2,1-2H3,(H,21,22). The number of nitrogens with one attached hydrogen (secondary N) is 1. The number of hydrogen-bond acceptors (Lipinski definition) is 4. The number of benzene rings is 1. The minimum absolute atomic E-state index is 0.00856. The van der Waals surface area contributed by atoms with Crippen molar-refractivity contribution in [3.63, 3.8) is 0 Å². The van der Waals surface area contributed by atoms with Crippen LogP contribution in [0.2, 0.25) is 0 Å². The molecular weight excluding hydrogens is 344 g/mol. The highest BCUT2D eigenvalue weighted by atomic mass is 32.2. The second-order valence-corrected chi connectivity index (χ2v) is 8.26. The van der Waals surface area contributed by atoms with Crippen LogP contribution >= 0.6 is 0 Å². The van der Waals surface area contributed by atoms with Crippen molar-refractivity contribution >= 4 is 27.6 Å². The Hall–Kier alpha value is -2.09. The molecule has 2 N–H and O–H groups in total. The molecule has 1 heterocycles. The molecule has 1 aromatic rings. The smallest absolute Gasteiger partial charge is 0.308 e. The largest absolute Gasteiger partial charge is 0.481 e. The molecule has 1 aliphatic rings. The van der Waals surface area contributed by atoms with Gasteiger partial charge < -0.3 is 10.0 Å². The third-order valence-corrected chi connectivity index (χ3v) is 5.84. The van der Waals surface area contributed by atoms with Crippen molar-refractivity contribution in [2.24, 2.45) is 5.92 Å². The number of rotatable bonds is 6. The van der Waals surface area contributed by atoms with E-state index in [1.54, 1.807) is 30.0 Å². The van der Waals surface area contributed by atoms with E-state index < -0.39 is 21.9 Å². The van der Waals surface area contributed by atoms with Gasteiger partial charge in [0, 0.05) is 23.8 Å².